The first-order valence-electron chi connectivity index (χ1n) is 8.38. The number of halogens is 1. The van der Waals surface area contributed by atoms with E-state index in [-0.39, 0.29) is 6.54 Å². The standard InChI is InChI=1S/C22H17FN2OS/c23-14-22(26)25(16-18-12-10-17(15-24)11-13-18)20-8-4-5-9-21(20)27-19-6-2-1-3-7-19/h1-13H,14,16H2. The lowest BCUT2D eigenvalue weighted by molar-refractivity contribution is -0.119. The van der Waals surface area contributed by atoms with Crippen LogP contribution in [0, 0.1) is 11.3 Å². The van der Waals surface area contributed by atoms with Crippen LogP contribution in [0.15, 0.2) is 88.7 Å². The van der Waals surface area contributed by atoms with Gasteiger partial charge in [0.25, 0.3) is 5.91 Å². The molecule has 0 bridgehead atoms. The second kappa shape index (κ2) is 9.02. The Morgan fingerprint density at radius 3 is 2.30 bits per heavy atom. The molecule has 0 aromatic heterocycles. The minimum Gasteiger partial charge on any atom is -0.305 e. The van der Waals surface area contributed by atoms with Gasteiger partial charge in [0.2, 0.25) is 0 Å². The van der Waals surface area contributed by atoms with Crippen molar-refractivity contribution < 1.29 is 9.18 Å². The summed E-state index contributed by atoms with van der Waals surface area (Å²) in [6.07, 6.45) is 0. The monoisotopic (exact) mass is 376 g/mol. The van der Waals surface area contributed by atoms with Gasteiger partial charge in [-0.05, 0) is 42.0 Å². The van der Waals surface area contributed by atoms with Gasteiger partial charge in [0.05, 0.1) is 23.9 Å². The third-order valence-electron chi connectivity index (χ3n) is 3.97. The molecule has 0 unspecified atom stereocenters. The average Bonchev–Trinajstić information content (AvgIpc) is 2.73. The molecule has 0 aliphatic heterocycles. The number of nitrogens with zero attached hydrogens (tertiary/aromatic N) is 2. The molecule has 0 radical (unpaired) electrons. The Kier molecular flexibility index (Phi) is 6.24. The summed E-state index contributed by atoms with van der Waals surface area (Å²) in [5, 5.41) is 8.92. The number of para-hydroxylation sites is 1. The fourth-order valence-corrected chi connectivity index (χ4v) is 3.61. The predicted octanol–water partition coefficient (Wildman–Crippen LogP) is 5.21. The lowest BCUT2D eigenvalue weighted by atomic mass is 10.1. The molecule has 0 fully saturated rings. The van der Waals surface area contributed by atoms with E-state index in [0.717, 1.165) is 15.4 Å². The minimum atomic E-state index is -1.07. The number of carbonyl (C=O) groups is 1. The molecule has 0 aliphatic rings. The average molecular weight is 376 g/mol. The Morgan fingerprint density at radius 1 is 0.963 bits per heavy atom. The number of benzene rings is 3. The van der Waals surface area contributed by atoms with Crippen LogP contribution < -0.4 is 4.90 Å². The molecule has 0 aliphatic carbocycles. The van der Waals surface area contributed by atoms with Gasteiger partial charge in [0, 0.05) is 9.79 Å². The number of hydrogen-bond donors (Lipinski definition) is 0. The number of hydrogen-bond acceptors (Lipinski definition) is 3. The second-order valence-electron chi connectivity index (χ2n) is 5.81. The van der Waals surface area contributed by atoms with Gasteiger partial charge in [-0.25, -0.2) is 4.39 Å². The van der Waals surface area contributed by atoms with Crippen molar-refractivity contribution in [3.05, 3.63) is 90.0 Å². The molecule has 27 heavy (non-hydrogen) atoms. The first-order chi connectivity index (χ1) is 13.2. The topological polar surface area (TPSA) is 44.1 Å². The Bertz CT molecular complexity index is 952. The Labute approximate surface area is 162 Å². The Balaban J connectivity index is 1.93. The van der Waals surface area contributed by atoms with E-state index in [0.29, 0.717) is 11.3 Å². The van der Waals surface area contributed by atoms with E-state index in [1.54, 1.807) is 24.3 Å². The molecule has 5 heteroatoms. The zero-order chi connectivity index (χ0) is 19.1. The highest BCUT2D eigenvalue weighted by Crippen LogP contribution is 2.36. The normalized spacial score (nSPS) is 10.2. The van der Waals surface area contributed by atoms with Gasteiger partial charge in [0.1, 0.15) is 0 Å². The number of alkyl halides is 1. The summed E-state index contributed by atoms with van der Waals surface area (Å²) in [6.45, 7) is -0.832. The van der Waals surface area contributed by atoms with Crippen molar-refractivity contribution in [2.24, 2.45) is 0 Å². The van der Waals surface area contributed by atoms with Crippen LogP contribution in [0.4, 0.5) is 10.1 Å². The highest BCUT2D eigenvalue weighted by Gasteiger charge is 2.19. The first kappa shape index (κ1) is 18.7. The molecule has 0 saturated heterocycles. The molecule has 0 atom stereocenters. The maximum absolute atomic E-state index is 13.3. The van der Waals surface area contributed by atoms with Crippen LogP contribution in [0.5, 0.6) is 0 Å². The molecule has 3 rings (SSSR count). The van der Waals surface area contributed by atoms with Crippen molar-refractivity contribution >= 4 is 23.4 Å². The van der Waals surface area contributed by atoms with Gasteiger partial charge in [-0.15, -0.1) is 0 Å². The third-order valence-corrected chi connectivity index (χ3v) is 5.04. The van der Waals surface area contributed by atoms with Crippen molar-refractivity contribution in [3.8, 4) is 6.07 Å². The summed E-state index contributed by atoms with van der Waals surface area (Å²) in [5.41, 5.74) is 2.04. The van der Waals surface area contributed by atoms with Crippen LogP contribution in [0.3, 0.4) is 0 Å². The number of amides is 1. The highest BCUT2D eigenvalue weighted by molar-refractivity contribution is 7.99. The quantitative estimate of drug-likeness (QED) is 0.593. The molecular weight excluding hydrogens is 359 g/mol. The molecule has 134 valence electrons. The van der Waals surface area contributed by atoms with Crippen molar-refractivity contribution in [2.45, 2.75) is 16.3 Å². The van der Waals surface area contributed by atoms with E-state index in [4.69, 9.17) is 5.26 Å². The van der Waals surface area contributed by atoms with Crippen molar-refractivity contribution in [3.63, 3.8) is 0 Å². The maximum atomic E-state index is 13.3. The molecule has 3 aromatic carbocycles. The smallest absolute Gasteiger partial charge is 0.258 e. The second-order valence-corrected chi connectivity index (χ2v) is 6.92. The van der Waals surface area contributed by atoms with Gasteiger partial charge in [-0.3, -0.25) is 4.79 Å². The molecule has 0 heterocycles. The molecule has 0 spiro atoms. The van der Waals surface area contributed by atoms with Gasteiger partial charge in [-0.1, -0.05) is 54.2 Å². The van der Waals surface area contributed by atoms with E-state index >= 15 is 0 Å². The fourth-order valence-electron chi connectivity index (χ4n) is 2.63. The summed E-state index contributed by atoms with van der Waals surface area (Å²) in [6, 6.07) is 26.3. The van der Waals surface area contributed by atoms with Gasteiger partial charge in [-0.2, -0.15) is 5.26 Å². The van der Waals surface area contributed by atoms with Gasteiger partial charge >= 0.3 is 0 Å². The van der Waals surface area contributed by atoms with Gasteiger partial charge in [0.15, 0.2) is 6.67 Å². The molecule has 3 aromatic rings. The number of anilines is 1. The van der Waals surface area contributed by atoms with Crippen LogP contribution >= 0.6 is 11.8 Å². The van der Waals surface area contributed by atoms with Crippen molar-refractivity contribution in [1.29, 1.82) is 5.26 Å². The Morgan fingerprint density at radius 2 is 1.63 bits per heavy atom. The summed E-state index contributed by atoms with van der Waals surface area (Å²) < 4.78 is 13.3. The van der Waals surface area contributed by atoms with E-state index in [9.17, 15) is 9.18 Å². The highest BCUT2D eigenvalue weighted by atomic mass is 32.2. The molecule has 0 saturated carbocycles. The number of carbonyl (C=O) groups excluding carboxylic acids is 1. The molecular formula is C22H17FN2OS. The maximum Gasteiger partial charge on any atom is 0.258 e. The lowest BCUT2D eigenvalue weighted by Gasteiger charge is -2.24. The minimum absolute atomic E-state index is 0.237. The van der Waals surface area contributed by atoms with Gasteiger partial charge < -0.3 is 4.90 Å². The van der Waals surface area contributed by atoms with Crippen molar-refractivity contribution in [1.82, 2.24) is 0 Å². The molecule has 1 amide bonds. The summed E-state index contributed by atoms with van der Waals surface area (Å²) in [5.74, 6) is -0.597. The fraction of sp³-hybridized carbons (Fsp3) is 0.0909. The molecule has 3 nitrogen and oxygen atoms in total. The molecule has 0 N–H and O–H groups in total. The van der Waals surface area contributed by atoms with Crippen LogP contribution in [0.2, 0.25) is 0 Å². The summed E-state index contributed by atoms with van der Waals surface area (Å²) in [4.78, 5) is 15.7. The number of rotatable bonds is 6. The van der Waals surface area contributed by atoms with Crippen LogP contribution in [-0.4, -0.2) is 12.6 Å². The van der Waals surface area contributed by atoms with E-state index < -0.39 is 12.6 Å². The zero-order valence-corrected chi connectivity index (χ0v) is 15.3. The number of nitriles is 1. The first-order valence-corrected chi connectivity index (χ1v) is 9.20. The van der Waals surface area contributed by atoms with Crippen LogP contribution in [-0.2, 0) is 11.3 Å². The SMILES string of the molecule is N#Cc1ccc(CN(C(=O)CF)c2ccccc2Sc2ccccc2)cc1. The van der Waals surface area contributed by atoms with Crippen LogP contribution in [0.25, 0.3) is 0 Å². The van der Waals surface area contributed by atoms with Crippen LogP contribution in [0.1, 0.15) is 11.1 Å². The van der Waals surface area contributed by atoms with Crippen molar-refractivity contribution in [2.75, 3.05) is 11.6 Å². The lowest BCUT2D eigenvalue weighted by Crippen LogP contribution is -2.32. The van der Waals surface area contributed by atoms with E-state index in [1.807, 2.05) is 54.6 Å². The summed E-state index contributed by atoms with van der Waals surface area (Å²) in [7, 11) is 0. The summed E-state index contributed by atoms with van der Waals surface area (Å²) >= 11 is 1.53. The Hall–Kier alpha value is -3.10. The largest absolute Gasteiger partial charge is 0.305 e. The zero-order valence-electron chi connectivity index (χ0n) is 14.5. The van der Waals surface area contributed by atoms with E-state index in [2.05, 4.69) is 6.07 Å². The van der Waals surface area contributed by atoms with E-state index in [1.165, 1.54) is 16.7 Å². The third kappa shape index (κ3) is 4.75. The predicted molar refractivity (Wildman–Crippen MR) is 105 cm³/mol.